The predicted molar refractivity (Wildman–Crippen MR) is 101 cm³/mol. The van der Waals surface area contributed by atoms with Crippen LogP contribution in [0.15, 0.2) is 58.2 Å². The molecule has 1 aromatic heterocycles. The first-order valence-corrected chi connectivity index (χ1v) is 9.49. The van der Waals surface area contributed by atoms with E-state index < -0.39 is 27.3 Å². The summed E-state index contributed by atoms with van der Waals surface area (Å²) in [5, 5.41) is 13.6. The number of aromatic nitrogens is 2. The van der Waals surface area contributed by atoms with Gasteiger partial charge in [-0.3, -0.25) is 9.59 Å². The number of nitrogens with zero attached hydrogens (tertiary/aromatic N) is 1. The molecule has 10 heteroatoms. The quantitative estimate of drug-likeness (QED) is 0.611. The van der Waals surface area contributed by atoms with Gasteiger partial charge in [0.2, 0.25) is 10.0 Å². The van der Waals surface area contributed by atoms with Crippen LogP contribution in [0.3, 0.4) is 0 Å². The average molecular weight is 402 g/mol. The molecule has 0 saturated heterocycles. The lowest BCUT2D eigenvalue weighted by molar-refractivity contribution is 0.102. The number of primary sulfonamides is 1. The fourth-order valence-electron chi connectivity index (χ4n) is 2.55. The molecule has 0 bridgehead atoms. The van der Waals surface area contributed by atoms with Crippen molar-refractivity contribution in [1.82, 2.24) is 10.2 Å². The van der Waals surface area contributed by atoms with Crippen molar-refractivity contribution in [1.29, 1.82) is 0 Å². The number of hydrogen-bond acceptors (Lipinski definition) is 5. The molecule has 3 aromatic rings. The van der Waals surface area contributed by atoms with Crippen molar-refractivity contribution in [2.45, 2.75) is 11.8 Å². The van der Waals surface area contributed by atoms with Crippen molar-refractivity contribution in [2.75, 3.05) is 5.32 Å². The fraction of sp³-hybridized carbons (Fsp3) is 0.0556. The lowest BCUT2D eigenvalue weighted by Crippen LogP contribution is -2.15. The molecule has 0 aliphatic rings. The van der Waals surface area contributed by atoms with Crippen molar-refractivity contribution in [2.24, 2.45) is 5.14 Å². The summed E-state index contributed by atoms with van der Waals surface area (Å²) in [7, 11) is -3.94. The summed E-state index contributed by atoms with van der Waals surface area (Å²) in [6, 6.07) is 10.3. The van der Waals surface area contributed by atoms with Crippen molar-refractivity contribution in [3.8, 4) is 11.1 Å². The SMILES string of the molecule is Cc1cc(-c2cc(F)cc(C(=O)Nc3cccc(S(N)(=O)=O)c3)c2)c(=O)[nH]n1. The molecule has 1 heterocycles. The number of benzene rings is 2. The highest BCUT2D eigenvalue weighted by Gasteiger charge is 2.14. The molecular formula is C18H15FN4O4S. The third kappa shape index (κ3) is 4.30. The number of anilines is 1. The van der Waals surface area contributed by atoms with Crippen LogP contribution in [0.1, 0.15) is 16.1 Å². The number of carbonyl (C=O) groups is 1. The topological polar surface area (TPSA) is 135 Å². The van der Waals surface area contributed by atoms with Crippen LogP contribution in [-0.4, -0.2) is 24.5 Å². The number of halogens is 1. The van der Waals surface area contributed by atoms with Crippen molar-refractivity contribution in [3.05, 3.63) is 76.0 Å². The van der Waals surface area contributed by atoms with Gasteiger partial charge in [-0.15, -0.1) is 0 Å². The number of nitrogens with two attached hydrogens (primary N) is 1. The summed E-state index contributed by atoms with van der Waals surface area (Å²) in [5.41, 5.74) is 0.477. The van der Waals surface area contributed by atoms with Crippen LogP contribution < -0.4 is 16.0 Å². The molecular weight excluding hydrogens is 387 g/mol. The molecule has 0 unspecified atom stereocenters. The molecule has 0 radical (unpaired) electrons. The molecule has 0 aliphatic heterocycles. The van der Waals surface area contributed by atoms with Gasteiger partial charge in [0.25, 0.3) is 11.5 Å². The summed E-state index contributed by atoms with van der Waals surface area (Å²) in [4.78, 5) is 24.3. The maximum Gasteiger partial charge on any atom is 0.272 e. The van der Waals surface area contributed by atoms with Gasteiger partial charge in [0.1, 0.15) is 5.82 Å². The van der Waals surface area contributed by atoms with E-state index in [1.54, 1.807) is 6.92 Å². The molecule has 1 amide bonds. The van der Waals surface area contributed by atoms with Crippen LogP contribution in [0.2, 0.25) is 0 Å². The highest BCUT2D eigenvalue weighted by atomic mass is 32.2. The zero-order valence-corrected chi connectivity index (χ0v) is 15.4. The van der Waals surface area contributed by atoms with Crippen LogP contribution in [0, 0.1) is 12.7 Å². The molecule has 0 spiro atoms. The lowest BCUT2D eigenvalue weighted by atomic mass is 10.0. The average Bonchev–Trinajstić information content (AvgIpc) is 2.62. The van der Waals surface area contributed by atoms with E-state index in [1.165, 1.54) is 36.4 Å². The van der Waals surface area contributed by atoms with E-state index in [9.17, 15) is 22.4 Å². The molecule has 4 N–H and O–H groups in total. The normalized spacial score (nSPS) is 11.2. The maximum absolute atomic E-state index is 14.1. The largest absolute Gasteiger partial charge is 0.322 e. The lowest BCUT2D eigenvalue weighted by Gasteiger charge is -2.09. The van der Waals surface area contributed by atoms with Gasteiger partial charge in [-0.05, 0) is 55.0 Å². The summed E-state index contributed by atoms with van der Waals surface area (Å²) in [5.74, 6) is -1.40. The van der Waals surface area contributed by atoms with Gasteiger partial charge in [-0.1, -0.05) is 6.07 Å². The zero-order valence-electron chi connectivity index (χ0n) is 14.6. The summed E-state index contributed by atoms with van der Waals surface area (Å²) < 4.78 is 36.9. The van der Waals surface area contributed by atoms with E-state index in [1.807, 2.05) is 0 Å². The van der Waals surface area contributed by atoms with Gasteiger partial charge >= 0.3 is 0 Å². The standard InChI is InChI=1S/C18H15FN4O4S/c1-10-5-16(18(25)23-22-10)11-6-12(8-13(19)7-11)17(24)21-14-3-2-4-15(9-14)28(20,26)27/h2-9H,1H3,(H,21,24)(H,23,25)(H2,20,26,27). The number of hydrogen-bond donors (Lipinski definition) is 3. The maximum atomic E-state index is 14.1. The van der Waals surface area contributed by atoms with Gasteiger partial charge < -0.3 is 5.32 Å². The minimum Gasteiger partial charge on any atom is -0.322 e. The van der Waals surface area contributed by atoms with E-state index >= 15 is 0 Å². The molecule has 0 saturated carbocycles. The first kappa shape index (κ1) is 19.4. The number of amides is 1. The monoisotopic (exact) mass is 402 g/mol. The molecule has 144 valence electrons. The third-order valence-electron chi connectivity index (χ3n) is 3.82. The minimum atomic E-state index is -3.94. The van der Waals surface area contributed by atoms with Gasteiger partial charge in [-0.2, -0.15) is 5.10 Å². The first-order valence-electron chi connectivity index (χ1n) is 7.95. The summed E-state index contributed by atoms with van der Waals surface area (Å²) in [6.45, 7) is 1.66. The number of aryl methyl sites for hydroxylation is 1. The smallest absolute Gasteiger partial charge is 0.272 e. The number of carbonyl (C=O) groups excluding carboxylic acids is 1. The Morgan fingerprint density at radius 1 is 1.18 bits per heavy atom. The van der Waals surface area contributed by atoms with Crippen LogP contribution in [-0.2, 0) is 10.0 Å². The second-order valence-corrected chi connectivity index (χ2v) is 7.57. The van der Waals surface area contributed by atoms with E-state index in [2.05, 4.69) is 15.5 Å². The van der Waals surface area contributed by atoms with Gasteiger partial charge in [0, 0.05) is 11.3 Å². The van der Waals surface area contributed by atoms with Gasteiger partial charge in [0.15, 0.2) is 0 Å². The number of sulfonamides is 1. The van der Waals surface area contributed by atoms with Crippen LogP contribution in [0.5, 0.6) is 0 Å². The van der Waals surface area contributed by atoms with E-state index in [4.69, 9.17) is 5.14 Å². The van der Waals surface area contributed by atoms with Crippen LogP contribution in [0.4, 0.5) is 10.1 Å². The fourth-order valence-corrected chi connectivity index (χ4v) is 3.11. The Kier molecular flexibility index (Phi) is 5.08. The van der Waals surface area contributed by atoms with Crippen LogP contribution in [0.25, 0.3) is 11.1 Å². The molecule has 0 aliphatic carbocycles. The Labute approximate surface area is 159 Å². The Hall–Kier alpha value is -3.37. The number of aromatic amines is 1. The molecule has 2 aromatic carbocycles. The number of H-pyrrole nitrogens is 1. The Balaban J connectivity index is 1.96. The zero-order chi connectivity index (χ0) is 20.5. The predicted octanol–water partition coefficient (Wildman–Crippen LogP) is 1.78. The molecule has 8 nitrogen and oxygen atoms in total. The second kappa shape index (κ2) is 7.33. The van der Waals surface area contributed by atoms with Gasteiger partial charge in [0.05, 0.1) is 16.2 Å². The Morgan fingerprint density at radius 2 is 1.93 bits per heavy atom. The highest BCUT2D eigenvalue weighted by Crippen LogP contribution is 2.21. The Bertz CT molecular complexity index is 1240. The van der Waals surface area contributed by atoms with Gasteiger partial charge in [-0.25, -0.2) is 23.0 Å². The minimum absolute atomic E-state index is 0.0510. The third-order valence-corrected chi connectivity index (χ3v) is 4.73. The summed E-state index contributed by atoms with van der Waals surface area (Å²) >= 11 is 0. The van der Waals surface area contributed by atoms with E-state index in [0.29, 0.717) is 5.69 Å². The second-order valence-electron chi connectivity index (χ2n) is 6.01. The number of rotatable bonds is 4. The van der Waals surface area contributed by atoms with Crippen LogP contribution >= 0.6 is 0 Å². The highest BCUT2D eigenvalue weighted by molar-refractivity contribution is 7.89. The van der Waals surface area contributed by atoms with E-state index in [-0.39, 0.29) is 27.3 Å². The van der Waals surface area contributed by atoms with Crippen molar-refractivity contribution < 1.29 is 17.6 Å². The Morgan fingerprint density at radius 3 is 2.64 bits per heavy atom. The first-order chi connectivity index (χ1) is 13.1. The van der Waals surface area contributed by atoms with E-state index in [0.717, 1.165) is 12.1 Å². The molecule has 0 atom stereocenters. The molecule has 3 rings (SSSR count). The summed E-state index contributed by atoms with van der Waals surface area (Å²) in [6.07, 6.45) is 0. The molecule has 0 fully saturated rings. The number of nitrogens with one attached hydrogen (secondary N) is 2. The van der Waals surface area contributed by atoms with Crippen molar-refractivity contribution in [3.63, 3.8) is 0 Å². The van der Waals surface area contributed by atoms with Crippen molar-refractivity contribution >= 4 is 21.6 Å². The molecule has 28 heavy (non-hydrogen) atoms.